The summed E-state index contributed by atoms with van der Waals surface area (Å²) >= 11 is 0. The number of rotatable bonds is 3. The fourth-order valence-electron chi connectivity index (χ4n) is 3.31. The molecule has 126 valence electrons. The van der Waals surface area contributed by atoms with Crippen LogP contribution in [0.4, 0.5) is 0 Å². The Hall–Kier alpha value is -3.60. The van der Waals surface area contributed by atoms with Gasteiger partial charge in [0.25, 0.3) is 0 Å². The van der Waals surface area contributed by atoms with Crippen molar-refractivity contribution in [1.29, 1.82) is 0 Å². The van der Waals surface area contributed by atoms with E-state index in [0.29, 0.717) is 5.88 Å². The lowest BCUT2D eigenvalue weighted by atomic mass is 10.0. The summed E-state index contributed by atoms with van der Waals surface area (Å²) in [5, 5.41) is 9.95. The number of aromatic nitrogens is 4. The maximum absolute atomic E-state index is 5.22. The van der Waals surface area contributed by atoms with Crippen LogP contribution in [0.25, 0.3) is 44.3 Å². The molecule has 0 spiro atoms. The average molecular weight is 340 g/mol. The van der Waals surface area contributed by atoms with Crippen molar-refractivity contribution in [3.63, 3.8) is 0 Å². The number of pyridine rings is 1. The highest BCUT2D eigenvalue weighted by molar-refractivity contribution is 5.97. The summed E-state index contributed by atoms with van der Waals surface area (Å²) < 4.78 is 5.22. The third-order valence-electron chi connectivity index (χ3n) is 4.63. The Morgan fingerprint density at radius 3 is 2.65 bits per heavy atom. The fourth-order valence-corrected chi connectivity index (χ4v) is 3.31. The quantitative estimate of drug-likeness (QED) is 0.496. The summed E-state index contributed by atoms with van der Waals surface area (Å²) in [6.45, 7) is 0. The number of aromatic amines is 2. The van der Waals surface area contributed by atoms with Crippen LogP contribution in [0, 0.1) is 0 Å². The van der Waals surface area contributed by atoms with E-state index in [1.165, 1.54) is 5.39 Å². The SMILES string of the molecule is COc1cc(-c2ccc3c(-c4cc5ccccc5[nH]4)n[nH]c3c2)ccn1. The second kappa shape index (κ2) is 5.74. The van der Waals surface area contributed by atoms with Gasteiger partial charge >= 0.3 is 0 Å². The first kappa shape index (κ1) is 14.7. The molecule has 3 aromatic heterocycles. The van der Waals surface area contributed by atoms with E-state index in [1.807, 2.05) is 24.3 Å². The van der Waals surface area contributed by atoms with Crippen LogP contribution < -0.4 is 4.74 Å². The lowest BCUT2D eigenvalue weighted by molar-refractivity contribution is 0.398. The predicted octanol–water partition coefficient (Wildman–Crippen LogP) is 4.78. The molecular weight excluding hydrogens is 324 g/mol. The van der Waals surface area contributed by atoms with E-state index in [4.69, 9.17) is 4.74 Å². The Labute approximate surface area is 149 Å². The van der Waals surface area contributed by atoms with Gasteiger partial charge in [-0.15, -0.1) is 0 Å². The van der Waals surface area contributed by atoms with Gasteiger partial charge in [0.05, 0.1) is 18.3 Å². The molecule has 0 aliphatic carbocycles. The molecule has 26 heavy (non-hydrogen) atoms. The Kier molecular flexibility index (Phi) is 3.25. The van der Waals surface area contributed by atoms with Crippen molar-refractivity contribution in [1.82, 2.24) is 20.2 Å². The zero-order valence-electron chi connectivity index (χ0n) is 14.2. The van der Waals surface area contributed by atoms with Crippen LogP contribution in [0.2, 0.25) is 0 Å². The summed E-state index contributed by atoms with van der Waals surface area (Å²) in [5.74, 6) is 0.603. The van der Waals surface area contributed by atoms with Crippen molar-refractivity contribution >= 4 is 21.8 Å². The van der Waals surface area contributed by atoms with Crippen molar-refractivity contribution in [2.45, 2.75) is 0 Å². The standard InChI is InChI=1S/C21H16N4O/c1-26-20-12-14(8-9-22-20)13-6-7-16-18(10-13)24-25-21(16)19-11-15-4-2-3-5-17(15)23-19/h2-12,23H,1H3,(H,24,25). The fraction of sp³-hybridized carbons (Fsp3) is 0.0476. The number of fused-ring (bicyclic) bond motifs is 2. The number of benzene rings is 2. The molecule has 0 aliphatic heterocycles. The number of nitrogens with one attached hydrogen (secondary N) is 2. The second-order valence-electron chi connectivity index (χ2n) is 6.19. The number of H-pyrrole nitrogens is 2. The smallest absolute Gasteiger partial charge is 0.213 e. The first-order valence-electron chi connectivity index (χ1n) is 8.38. The molecule has 5 nitrogen and oxygen atoms in total. The van der Waals surface area contributed by atoms with Gasteiger partial charge in [-0.25, -0.2) is 4.98 Å². The van der Waals surface area contributed by atoms with Crippen LogP contribution in [0.5, 0.6) is 5.88 Å². The molecule has 0 bridgehead atoms. The highest BCUT2D eigenvalue weighted by atomic mass is 16.5. The van der Waals surface area contributed by atoms with Crippen LogP contribution >= 0.6 is 0 Å². The number of ether oxygens (including phenoxy) is 1. The van der Waals surface area contributed by atoms with E-state index < -0.39 is 0 Å². The van der Waals surface area contributed by atoms with Gasteiger partial charge in [0.2, 0.25) is 5.88 Å². The summed E-state index contributed by atoms with van der Waals surface area (Å²) in [7, 11) is 1.62. The van der Waals surface area contributed by atoms with E-state index in [1.54, 1.807) is 13.3 Å². The normalized spacial score (nSPS) is 11.3. The van der Waals surface area contributed by atoms with Crippen molar-refractivity contribution < 1.29 is 4.74 Å². The predicted molar refractivity (Wildman–Crippen MR) is 103 cm³/mol. The maximum atomic E-state index is 5.22. The molecule has 2 aromatic carbocycles. The van der Waals surface area contributed by atoms with Gasteiger partial charge in [-0.05, 0) is 41.5 Å². The molecule has 0 amide bonds. The van der Waals surface area contributed by atoms with Crippen LogP contribution in [0.15, 0.2) is 66.9 Å². The van der Waals surface area contributed by atoms with E-state index in [-0.39, 0.29) is 0 Å². The molecule has 0 saturated heterocycles. The van der Waals surface area contributed by atoms with E-state index in [9.17, 15) is 0 Å². The summed E-state index contributed by atoms with van der Waals surface area (Å²) in [5.41, 5.74) is 6.18. The first-order chi connectivity index (χ1) is 12.8. The van der Waals surface area contributed by atoms with Gasteiger partial charge in [-0.2, -0.15) is 5.10 Å². The van der Waals surface area contributed by atoms with E-state index in [2.05, 4.69) is 56.6 Å². The molecule has 5 heteroatoms. The highest BCUT2D eigenvalue weighted by Crippen LogP contribution is 2.31. The Bertz CT molecular complexity index is 1200. The van der Waals surface area contributed by atoms with Crippen molar-refractivity contribution in [3.8, 4) is 28.4 Å². The third-order valence-corrected chi connectivity index (χ3v) is 4.63. The molecule has 0 saturated carbocycles. The minimum absolute atomic E-state index is 0.603. The molecule has 0 fully saturated rings. The molecule has 0 unspecified atom stereocenters. The zero-order valence-corrected chi connectivity index (χ0v) is 14.2. The van der Waals surface area contributed by atoms with E-state index >= 15 is 0 Å². The summed E-state index contributed by atoms with van der Waals surface area (Å²) in [4.78, 5) is 7.61. The van der Waals surface area contributed by atoms with Crippen molar-refractivity contribution in [2.75, 3.05) is 7.11 Å². The minimum Gasteiger partial charge on any atom is -0.481 e. The second-order valence-corrected chi connectivity index (χ2v) is 6.19. The summed E-state index contributed by atoms with van der Waals surface area (Å²) in [6.07, 6.45) is 1.75. The lowest BCUT2D eigenvalue weighted by Crippen LogP contribution is -1.87. The van der Waals surface area contributed by atoms with Crippen LogP contribution in [0.1, 0.15) is 0 Å². The van der Waals surface area contributed by atoms with Crippen LogP contribution in [0.3, 0.4) is 0 Å². The molecule has 0 atom stereocenters. The molecule has 0 aliphatic rings. The topological polar surface area (TPSA) is 66.6 Å². The van der Waals surface area contributed by atoms with Gasteiger partial charge in [0.15, 0.2) is 0 Å². The van der Waals surface area contributed by atoms with Gasteiger partial charge < -0.3 is 9.72 Å². The number of para-hydroxylation sites is 1. The molecule has 5 rings (SSSR count). The lowest BCUT2D eigenvalue weighted by Gasteiger charge is -2.04. The zero-order chi connectivity index (χ0) is 17.5. The van der Waals surface area contributed by atoms with Crippen molar-refractivity contribution in [2.24, 2.45) is 0 Å². The molecule has 5 aromatic rings. The van der Waals surface area contributed by atoms with Gasteiger partial charge in [0.1, 0.15) is 5.69 Å². The van der Waals surface area contributed by atoms with Gasteiger partial charge in [0, 0.05) is 28.6 Å². The first-order valence-corrected chi connectivity index (χ1v) is 8.38. The monoisotopic (exact) mass is 340 g/mol. The molecule has 2 N–H and O–H groups in total. The third kappa shape index (κ3) is 2.33. The number of hydrogen-bond acceptors (Lipinski definition) is 3. The Balaban J connectivity index is 1.61. The van der Waals surface area contributed by atoms with Gasteiger partial charge in [-0.3, -0.25) is 5.10 Å². The number of hydrogen-bond donors (Lipinski definition) is 2. The van der Waals surface area contributed by atoms with Crippen LogP contribution in [-0.2, 0) is 0 Å². The number of methoxy groups -OCH3 is 1. The van der Waals surface area contributed by atoms with Gasteiger partial charge in [-0.1, -0.05) is 24.3 Å². The Morgan fingerprint density at radius 2 is 1.77 bits per heavy atom. The minimum atomic E-state index is 0.603. The Morgan fingerprint density at radius 1 is 0.885 bits per heavy atom. The summed E-state index contributed by atoms with van der Waals surface area (Å²) in [6, 6.07) is 20.6. The largest absolute Gasteiger partial charge is 0.481 e. The van der Waals surface area contributed by atoms with Crippen molar-refractivity contribution in [3.05, 3.63) is 66.9 Å². The van der Waals surface area contributed by atoms with E-state index in [0.717, 1.165) is 38.9 Å². The maximum Gasteiger partial charge on any atom is 0.213 e. The van der Waals surface area contributed by atoms with Crippen LogP contribution in [-0.4, -0.2) is 27.3 Å². The molecule has 3 heterocycles. The number of nitrogens with zero attached hydrogens (tertiary/aromatic N) is 2. The molecular formula is C21H16N4O. The average Bonchev–Trinajstić information content (AvgIpc) is 3.31. The molecule has 0 radical (unpaired) electrons. The highest BCUT2D eigenvalue weighted by Gasteiger charge is 2.12.